The number of anilines is 1. The highest BCUT2D eigenvalue weighted by atomic mass is 79.9. The van der Waals surface area contributed by atoms with Crippen molar-refractivity contribution in [3.63, 3.8) is 0 Å². The maximum Gasteiger partial charge on any atom is 0.268 e. The number of nitrogens with zero attached hydrogens (tertiary/aromatic N) is 2. The highest BCUT2D eigenvalue weighted by Crippen LogP contribution is 2.42. The van der Waals surface area contributed by atoms with Crippen molar-refractivity contribution in [2.75, 3.05) is 18.6 Å². The van der Waals surface area contributed by atoms with Crippen LogP contribution in [-0.2, 0) is 9.59 Å². The Morgan fingerprint density at radius 2 is 1.67 bits per heavy atom. The largest absolute Gasteiger partial charge is 0.497 e. The van der Waals surface area contributed by atoms with E-state index in [1.54, 1.807) is 61.7 Å². The van der Waals surface area contributed by atoms with E-state index < -0.39 is 29.8 Å². The molecule has 0 saturated carbocycles. The molecule has 184 valence electrons. The summed E-state index contributed by atoms with van der Waals surface area (Å²) < 4.78 is 11.5. The number of amides is 3. The Morgan fingerprint density at radius 1 is 0.972 bits per heavy atom. The van der Waals surface area contributed by atoms with Crippen LogP contribution in [0.2, 0.25) is 0 Å². The number of rotatable bonds is 6. The van der Waals surface area contributed by atoms with Gasteiger partial charge in [0.25, 0.3) is 11.8 Å². The van der Waals surface area contributed by atoms with Gasteiger partial charge >= 0.3 is 0 Å². The molecule has 2 aliphatic rings. The number of methoxy groups -OCH3 is 1. The second-order valence-electron chi connectivity index (χ2n) is 8.47. The lowest BCUT2D eigenvalue weighted by Gasteiger charge is -2.25. The van der Waals surface area contributed by atoms with Crippen LogP contribution in [0, 0.1) is 5.92 Å². The second kappa shape index (κ2) is 9.75. The van der Waals surface area contributed by atoms with Crippen molar-refractivity contribution in [2.24, 2.45) is 5.92 Å². The Hall–Kier alpha value is -3.69. The third-order valence-electron chi connectivity index (χ3n) is 6.41. The van der Waals surface area contributed by atoms with Gasteiger partial charge in [0.2, 0.25) is 5.91 Å². The molecule has 1 N–H and O–H groups in total. The number of hydrogen-bond acceptors (Lipinski definition) is 6. The molecule has 2 aliphatic heterocycles. The first-order valence-corrected chi connectivity index (χ1v) is 12.3. The molecule has 3 amide bonds. The van der Waals surface area contributed by atoms with Crippen molar-refractivity contribution in [1.82, 2.24) is 10.4 Å². The summed E-state index contributed by atoms with van der Waals surface area (Å²) in [5, 5.41) is 1.30. The van der Waals surface area contributed by atoms with Gasteiger partial charge in [0, 0.05) is 10.0 Å². The van der Waals surface area contributed by atoms with E-state index in [1.807, 2.05) is 25.1 Å². The lowest BCUT2D eigenvalue weighted by atomic mass is 9.91. The van der Waals surface area contributed by atoms with Crippen LogP contribution in [0.25, 0.3) is 0 Å². The van der Waals surface area contributed by atoms with Crippen molar-refractivity contribution in [3.8, 4) is 11.5 Å². The number of halogens is 1. The molecule has 36 heavy (non-hydrogen) atoms. The van der Waals surface area contributed by atoms with Crippen LogP contribution in [0.3, 0.4) is 0 Å². The Bertz CT molecular complexity index is 1310. The van der Waals surface area contributed by atoms with Crippen LogP contribution < -0.4 is 19.8 Å². The average molecular weight is 550 g/mol. The third kappa shape index (κ3) is 4.14. The topological polar surface area (TPSA) is 88.2 Å². The monoisotopic (exact) mass is 549 g/mol. The molecule has 0 aliphatic carbocycles. The van der Waals surface area contributed by atoms with E-state index in [9.17, 15) is 14.4 Å². The van der Waals surface area contributed by atoms with E-state index in [0.717, 1.165) is 10.0 Å². The van der Waals surface area contributed by atoms with Gasteiger partial charge in [-0.2, -0.15) is 0 Å². The lowest BCUT2D eigenvalue weighted by Crippen LogP contribution is -2.48. The van der Waals surface area contributed by atoms with Crippen LogP contribution in [0.4, 0.5) is 5.69 Å². The molecule has 2 heterocycles. The molecule has 3 aromatic rings. The van der Waals surface area contributed by atoms with Gasteiger partial charge in [0.1, 0.15) is 17.5 Å². The molecule has 3 unspecified atom stereocenters. The van der Waals surface area contributed by atoms with Crippen molar-refractivity contribution in [1.29, 1.82) is 0 Å². The van der Waals surface area contributed by atoms with Crippen molar-refractivity contribution < 1.29 is 23.9 Å². The number of benzene rings is 3. The molecule has 0 spiro atoms. The quantitative estimate of drug-likeness (QED) is 0.465. The van der Waals surface area contributed by atoms with E-state index in [-0.39, 0.29) is 5.91 Å². The van der Waals surface area contributed by atoms with E-state index >= 15 is 0 Å². The number of ether oxygens (including phenoxy) is 2. The van der Waals surface area contributed by atoms with E-state index in [2.05, 4.69) is 21.4 Å². The van der Waals surface area contributed by atoms with Gasteiger partial charge in [0.15, 0.2) is 0 Å². The Labute approximate surface area is 216 Å². The minimum atomic E-state index is -0.998. The molecule has 2 saturated heterocycles. The van der Waals surface area contributed by atoms with Crippen LogP contribution in [0.15, 0.2) is 77.3 Å². The SMILES string of the molecule is CCOc1ccc(N2C(=O)C3C(c4ccc(OC)cc4)NN(C(=O)c4cccc(Br)c4)C3C2=O)cc1. The first kappa shape index (κ1) is 24.0. The molecule has 8 nitrogen and oxygen atoms in total. The highest BCUT2D eigenvalue weighted by Gasteiger charge is 2.60. The van der Waals surface area contributed by atoms with Gasteiger partial charge in [-0.1, -0.05) is 34.1 Å². The fourth-order valence-corrected chi connectivity index (χ4v) is 5.14. The molecule has 3 atom stereocenters. The Balaban J connectivity index is 1.54. The van der Waals surface area contributed by atoms with Gasteiger partial charge in [-0.15, -0.1) is 0 Å². The van der Waals surface area contributed by atoms with Crippen molar-refractivity contribution in [3.05, 3.63) is 88.4 Å². The number of nitrogens with one attached hydrogen (secondary N) is 1. The molecule has 9 heteroatoms. The summed E-state index contributed by atoms with van der Waals surface area (Å²) in [6, 6.07) is 19.4. The van der Waals surface area contributed by atoms with Gasteiger partial charge in [0.05, 0.1) is 31.4 Å². The highest BCUT2D eigenvalue weighted by molar-refractivity contribution is 9.10. The van der Waals surface area contributed by atoms with Gasteiger partial charge in [-0.05, 0) is 67.1 Å². The molecule has 0 aromatic heterocycles. The number of fused-ring (bicyclic) bond motifs is 1. The Morgan fingerprint density at radius 3 is 2.31 bits per heavy atom. The average Bonchev–Trinajstić information content (AvgIpc) is 3.41. The lowest BCUT2D eigenvalue weighted by molar-refractivity contribution is -0.123. The maximum atomic E-state index is 13.7. The zero-order valence-electron chi connectivity index (χ0n) is 19.7. The summed E-state index contributed by atoms with van der Waals surface area (Å²) in [4.78, 5) is 42.2. The predicted molar refractivity (Wildman–Crippen MR) is 137 cm³/mol. The fraction of sp³-hybridized carbons (Fsp3) is 0.222. The zero-order chi connectivity index (χ0) is 25.4. The molecule has 2 fully saturated rings. The van der Waals surface area contributed by atoms with E-state index in [1.165, 1.54) is 9.91 Å². The van der Waals surface area contributed by atoms with Crippen LogP contribution in [0.1, 0.15) is 28.9 Å². The van der Waals surface area contributed by atoms with Crippen molar-refractivity contribution >= 4 is 39.3 Å². The molecule has 3 aromatic carbocycles. The van der Waals surface area contributed by atoms with Crippen LogP contribution in [-0.4, -0.2) is 42.5 Å². The number of hydrazine groups is 1. The number of carbonyl (C=O) groups excluding carboxylic acids is 3. The predicted octanol–water partition coefficient (Wildman–Crippen LogP) is 4.12. The summed E-state index contributed by atoms with van der Waals surface area (Å²) >= 11 is 3.39. The number of hydrogen-bond donors (Lipinski definition) is 1. The smallest absolute Gasteiger partial charge is 0.268 e. The van der Waals surface area contributed by atoms with Gasteiger partial charge in [-0.25, -0.2) is 10.3 Å². The fourth-order valence-electron chi connectivity index (χ4n) is 4.74. The number of imide groups is 1. The molecule has 0 bridgehead atoms. The van der Waals surface area contributed by atoms with Gasteiger partial charge < -0.3 is 9.47 Å². The van der Waals surface area contributed by atoms with Crippen LogP contribution in [0.5, 0.6) is 11.5 Å². The zero-order valence-corrected chi connectivity index (χ0v) is 21.3. The number of carbonyl (C=O) groups is 3. The standard InChI is InChI=1S/C27H24BrN3O5/c1-3-36-21-13-9-19(10-14-21)30-26(33)22-23(16-7-11-20(35-2)12-8-16)29-31(24(22)27(30)34)25(32)17-5-4-6-18(28)15-17/h4-15,22-24,29H,3H2,1-2H3. The minimum Gasteiger partial charge on any atom is -0.497 e. The summed E-state index contributed by atoms with van der Waals surface area (Å²) in [7, 11) is 1.57. The molecular formula is C27H24BrN3O5. The van der Waals surface area contributed by atoms with Crippen LogP contribution >= 0.6 is 15.9 Å². The molecule has 5 rings (SSSR count). The third-order valence-corrected chi connectivity index (χ3v) is 6.90. The van der Waals surface area contributed by atoms with E-state index in [0.29, 0.717) is 29.4 Å². The summed E-state index contributed by atoms with van der Waals surface area (Å²) in [5.74, 6) is -0.705. The maximum absolute atomic E-state index is 13.7. The first-order chi connectivity index (χ1) is 17.4. The van der Waals surface area contributed by atoms with E-state index in [4.69, 9.17) is 9.47 Å². The van der Waals surface area contributed by atoms with Gasteiger partial charge in [-0.3, -0.25) is 19.4 Å². The minimum absolute atomic E-state index is 0.368. The molecular weight excluding hydrogens is 526 g/mol. The Kier molecular flexibility index (Phi) is 6.51. The second-order valence-corrected chi connectivity index (χ2v) is 9.39. The summed E-state index contributed by atoms with van der Waals surface area (Å²) in [5.41, 5.74) is 4.76. The summed E-state index contributed by atoms with van der Waals surface area (Å²) in [6.45, 7) is 2.39. The molecule has 0 radical (unpaired) electrons. The first-order valence-electron chi connectivity index (χ1n) is 11.5. The van der Waals surface area contributed by atoms with Crippen molar-refractivity contribution in [2.45, 2.75) is 19.0 Å². The normalized spacial score (nSPS) is 21.0. The summed E-state index contributed by atoms with van der Waals surface area (Å²) in [6.07, 6.45) is 0.